The summed E-state index contributed by atoms with van der Waals surface area (Å²) in [6.07, 6.45) is 2.04. The molecule has 0 unspecified atom stereocenters. The first-order valence-corrected chi connectivity index (χ1v) is 13.7. The van der Waals surface area contributed by atoms with Crippen molar-refractivity contribution in [2.24, 2.45) is 0 Å². The zero-order valence-corrected chi connectivity index (χ0v) is 22.5. The summed E-state index contributed by atoms with van der Waals surface area (Å²) in [4.78, 5) is 24.6. The molecule has 0 atom stereocenters. The van der Waals surface area contributed by atoms with Crippen molar-refractivity contribution in [3.05, 3.63) is 65.6 Å². The maximum atomic E-state index is 14.1. The number of piperidine rings is 2. The second-order valence-electron chi connectivity index (χ2n) is 9.93. The molecule has 1 aromatic heterocycles. The summed E-state index contributed by atoms with van der Waals surface area (Å²) in [7, 11) is 0. The normalized spacial score (nSPS) is 16.9. The number of urea groups is 1. The van der Waals surface area contributed by atoms with Crippen LogP contribution < -0.4 is 20.3 Å². The highest BCUT2D eigenvalue weighted by atomic mass is 35.5. The number of likely N-dealkylation sites (tertiary alicyclic amines) is 1. The van der Waals surface area contributed by atoms with Crippen molar-refractivity contribution in [3.8, 4) is 11.6 Å². The van der Waals surface area contributed by atoms with Crippen molar-refractivity contribution in [3.63, 3.8) is 0 Å². The summed E-state index contributed by atoms with van der Waals surface area (Å²) in [6, 6.07) is 11.6. The lowest BCUT2D eigenvalue weighted by atomic mass is 9.98. The fourth-order valence-electron chi connectivity index (χ4n) is 5.27. The molecule has 212 valence electrons. The molecule has 0 spiro atoms. The van der Waals surface area contributed by atoms with Crippen molar-refractivity contribution >= 4 is 34.7 Å². The van der Waals surface area contributed by atoms with Crippen LogP contribution in [0.15, 0.2) is 54.9 Å². The molecule has 40 heavy (non-hydrogen) atoms. The minimum atomic E-state index is -4.56. The predicted molar refractivity (Wildman–Crippen MR) is 148 cm³/mol. The van der Waals surface area contributed by atoms with Crippen LogP contribution in [0.1, 0.15) is 37.7 Å². The van der Waals surface area contributed by atoms with Gasteiger partial charge in [-0.15, -0.1) is 0 Å². The first-order chi connectivity index (χ1) is 19.2. The fourth-order valence-corrected chi connectivity index (χ4v) is 5.40. The molecule has 0 bridgehead atoms. The number of rotatable bonds is 6. The Morgan fingerprint density at radius 3 is 2.25 bits per heavy atom. The third kappa shape index (κ3) is 7.14. The molecule has 0 aliphatic carbocycles. The minimum Gasteiger partial charge on any atom is -0.439 e. The van der Waals surface area contributed by atoms with Crippen LogP contribution in [0.5, 0.6) is 11.6 Å². The lowest BCUT2D eigenvalue weighted by Gasteiger charge is -2.41. The maximum Gasteiger partial charge on any atom is 0.418 e. The highest BCUT2D eigenvalue weighted by Crippen LogP contribution is 2.39. The molecule has 2 aromatic carbocycles. The van der Waals surface area contributed by atoms with Crippen molar-refractivity contribution in [2.45, 2.75) is 44.3 Å². The zero-order valence-electron chi connectivity index (χ0n) is 21.8. The quantitative estimate of drug-likeness (QED) is 0.307. The van der Waals surface area contributed by atoms with Gasteiger partial charge < -0.3 is 25.2 Å². The van der Waals surface area contributed by atoms with Crippen molar-refractivity contribution in [2.75, 3.05) is 41.7 Å². The van der Waals surface area contributed by atoms with Gasteiger partial charge in [-0.05, 0) is 81.2 Å². The predicted octanol–water partition coefficient (Wildman–Crippen LogP) is 7.04. The van der Waals surface area contributed by atoms with Crippen LogP contribution in [-0.2, 0) is 6.18 Å². The van der Waals surface area contributed by atoms with Crippen LogP contribution in [0, 0.1) is 0 Å². The van der Waals surface area contributed by atoms with Gasteiger partial charge in [0.2, 0.25) is 5.88 Å². The number of benzene rings is 2. The number of ether oxygens (including phenoxy) is 1. The van der Waals surface area contributed by atoms with Crippen molar-refractivity contribution in [1.29, 1.82) is 0 Å². The van der Waals surface area contributed by atoms with Gasteiger partial charge in [-0.3, -0.25) is 0 Å². The second kappa shape index (κ2) is 12.3. The number of hydrogen-bond donors (Lipinski definition) is 2. The molecule has 0 saturated carbocycles. The number of amides is 2. The van der Waals surface area contributed by atoms with Crippen LogP contribution in [0.3, 0.4) is 0 Å². The summed E-state index contributed by atoms with van der Waals surface area (Å²) >= 11 is 5.82. The number of nitrogens with one attached hydrogen (secondary N) is 2. The van der Waals surface area contributed by atoms with Gasteiger partial charge in [0.25, 0.3) is 0 Å². The summed E-state index contributed by atoms with van der Waals surface area (Å²) in [5.74, 6) is 0.708. The number of nitrogens with zero attached hydrogens (tertiary/aromatic N) is 4. The van der Waals surface area contributed by atoms with Crippen LogP contribution in [-0.4, -0.2) is 53.1 Å². The Hall–Kier alpha value is -3.57. The maximum absolute atomic E-state index is 14.1. The smallest absolute Gasteiger partial charge is 0.418 e. The number of alkyl halides is 3. The van der Waals surface area contributed by atoms with Gasteiger partial charge in [-0.2, -0.15) is 13.2 Å². The Kier molecular flexibility index (Phi) is 8.60. The van der Waals surface area contributed by atoms with Gasteiger partial charge in [0.05, 0.1) is 5.56 Å². The van der Waals surface area contributed by atoms with E-state index in [2.05, 4.69) is 25.5 Å². The van der Waals surface area contributed by atoms with Crippen LogP contribution in [0.2, 0.25) is 5.15 Å². The van der Waals surface area contributed by atoms with E-state index in [4.69, 9.17) is 16.3 Å². The van der Waals surface area contributed by atoms with Gasteiger partial charge in [0.1, 0.15) is 17.2 Å². The van der Waals surface area contributed by atoms with Gasteiger partial charge in [0, 0.05) is 42.3 Å². The Bertz CT molecular complexity index is 1310. The SMILES string of the molecule is O=C(Nc1ccc(Oc2cc(Cl)ncn2)cc1)Nc1ccc(N2CCC(N3CCCCC3)CC2)c(C(F)(F)F)c1. The number of hydrogen-bond acceptors (Lipinski definition) is 6. The van der Waals surface area contributed by atoms with Crippen molar-refractivity contribution in [1.82, 2.24) is 14.9 Å². The van der Waals surface area contributed by atoms with E-state index >= 15 is 0 Å². The summed E-state index contributed by atoms with van der Waals surface area (Å²) in [5.41, 5.74) is -0.128. The Labute approximate surface area is 235 Å². The van der Waals surface area contributed by atoms with E-state index < -0.39 is 17.8 Å². The third-order valence-electron chi connectivity index (χ3n) is 7.22. The highest BCUT2D eigenvalue weighted by molar-refractivity contribution is 6.29. The molecule has 0 radical (unpaired) electrons. The van der Waals surface area contributed by atoms with Gasteiger partial charge in [0.15, 0.2) is 0 Å². The molecule has 12 heteroatoms. The fraction of sp³-hybridized carbons (Fsp3) is 0.393. The minimum absolute atomic E-state index is 0.0531. The Morgan fingerprint density at radius 1 is 0.900 bits per heavy atom. The molecule has 2 amide bonds. The van der Waals surface area contributed by atoms with Crippen LogP contribution in [0.25, 0.3) is 0 Å². The van der Waals surface area contributed by atoms with Gasteiger partial charge >= 0.3 is 12.2 Å². The van der Waals surface area contributed by atoms with E-state index in [0.29, 0.717) is 30.6 Å². The second-order valence-corrected chi connectivity index (χ2v) is 10.3. The molecule has 2 aliphatic heterocycles. The van der Waals surface area contributed by atoms with E-state index in [-0.39, 0.29) is 22.4 Å². The zero-order chi connectivity index (χ0) is 28.1. The summed E-state index contributed by atoms with van der Waals surface area (Å²) in [5, 5.41) is 5.36. The van der Waals surface area contributed by atoms with E-state index in [1.807, 2.05) is 4.90 Å². The molecule has 2 saturated heterocycles. The molecular formula is C28H30ClF3N6O2. The molecule has 5 rings (SSSR count). The Morgan fingerprint density at radius 2 is 1.57 bits per heavy atom. The third-order valence-corrected chi connectivity index (χ3v) is 7.42. The largest absolute Gasteiger partial charge is 0.439 e. The topological polar surface area (TPSA) is 82.6 Å². The molecule has 8 nitrogen and oxygen atoms in total. The number of carbonyl (C=O) groups excluding carboxylic acids is 1. The van der Waals surface area contributed by atoms with Crippen LogP contribution in [0.4, 0.5) is 35.0 Å². The monoisotopic (exact) mass is 574 g/mol. The number of anilines is 3. The number of aromatic nitrogens is 2. The summed E-state index contributed by atoms with van der Waals surface area (Å²) < 4.78 is 47.8. The van der Waals surface area contributed by atoms with E-state index in [0.717, 1.165) is 32.0 Å². The highest BCUT2D eigenvalue weighted by Gasteiger charge is 2.36. The number of halogens is 4. The average Bonchev–Trinajstić information content (AvgIpc) is 2.94. The van der Waals surface area contributed by atoms with Crippen LogP contribution >= 0.6 is 11.6 Å². The molecule has 2 aliphatic rings. The molecule has 2 N–H and O–H groups in total. The lowest BCUT2D eigenvalue weighted by Crippen LogP contribution is -2.47. The first kappa shape index (κ1) is 28.0. The van der Waals surface area contributed by atoms with Gasteiger partial charge in [-0.1, -0.05) is 18.0 Å². The van der Waals surface area contributed by atoms with E-state index in [1.165, 1.54) is 43.8 Å². The van der Waals surface area contributed by atoms with Gasteiger partial charge in [-0.25, -0.2) is 14.8 Å². The molecular weight excluding hydrogens is 545 g/mol. The standard InChI is InChI=1S/C28H30ClF3N6O2/c29-25-17-26(34-18-33-25)40-22-7-4-19(5-8-22)35-27(39)36-20-6-9-24(23(16-20)28(30,31)32)38-14-10-21(11-15-38)37-12-2-1-3-13-37/h4-9,16-18,21H,1-3,10-15H2,(H2,35,36,39). The first-order valence-electron chi connectivity index (χ1n) is 13.3. The van der Waals surface area contributed by atoms with E-state index in [1.54, 1.807) is 24.3 Å². The lowest BCUT2D eigenvalue weighted by molar-refractivity contribution is -0.137. The van der Waals surface area contributed by atoms with Crippen molar-refractivity contribution < 1.29 is 22.7 Å². The van der Waals surface area contributed by atoms with E-state index in [9.17, 15) is 18.0 Å². The summed E-state index contributed by atoms with van der Waals surface area (Å²) in [6.45, 7) is 3.30. The molecule has 2 fully saturated rings. The average molecular weight is 575 g/mol. The molecule has 3 heterocycles. The molecule has 3 aromatic rings. The number of carbonyl (C=O) groups is 1. The Balaban J connectivity index is 1.20.